The molecule has 0 saturated heterocycles. The Hall–Kier alpha value is -2.96. The number of aryl methyl sites for hydroxylation is 1. The van der Waals surface area contributed by atoms with E-state index in [0.717, 1.165) is 36.6 Å². The van der Waals surface area contributed by atoms with E-state index in [4.69, 9.17) is 0 Å². The molecule has 6 heteroatoms. The van der Waals surface area contributed by atoms with Crippen molar-refractivity contribution in [3.63, 3.8) is 0 Å². The lowest BCUT2D eigenvalue weighted by Gasteiger charge is -2.19. The molecule has 5 nitrogen and oxygen atoms in total. The molecule has 0 aliphatic rings. The summed E-state index contributed by atoms with van der Waals surface area (Å²) in [5, 5.41) is 3.19. The third-order valence-electron chi connectivity index (χ3n) is 5.30. The molecule has 0 bridgehead atoms. The molecule has 0 saturated carbocycles. The van der Waals surface area contributed by atoms with Gasteiger partial charge in [0.05, 0.1) is 12.3 Å². The van der Waals surface area contributed by atoms with Crippen molar-refractivity contribution >= 4 is 15.9 Å². The van der Waals surface area contributed by atoms with Crippen molar-refractivity contribution in [2.75, 3.05) is 12.8 Å². The molecular weight excluding hydrogens is 420 g/mol. The van der Waals surface area contributed by atoms with Crippen molar-refractivity contribution in [1.82, 2.24) is 10.0 Å². The van der Waals surface area contributed by atoms with Crippen molar-refractivity contribution in [1.29, 1.82) is 0 Å². The third kappa shape index (κ3) is 7.94. The van der Waals surface area contributed by atoms with Crippen molar-refractivity contribution < 1.29 is 13.2 Å². The van der Waals surface area contributed by atoms with Gasteiger partial charge in [-0.15, -0.1) is 0 Å². The molecule has 0 spiro atoms. The van der Waals surface area contributed by atoms with E-state index in [1.165, 1.54) is 5.56 Å². The lowest BCUT2D eigenvalue weighted by molar-refractivity contribution is 0.0934. The Morgan fingerprint density at radius 3 is 2.03 bits per heavy atom. The van der Waals surface area contributed by atoms with Crippen LogP contribution < -0.4 is 10.0 Å². The summed E-state index contributed by atoms with van der Waals surface area (Å²) < 4.78 is 24.8. The first-order chi connectivity index (χ1) is 15.4. The predicted octanol–water partition coefficient (Wildman–Crippen LogP) is 4.27. The second-order valence-electron chi connectivity index (χ2n) is 7.93. The summed E-state index contributed by atoms with van der Waals surface area (Å²) in [6, 6.07) is 27.7. The Morgan fingerprint density at radius 1 is 0.812 bits per heavy atom. The van der Waals surface area contributed by atoms with Gasteiger partial charge in [-0.05, 0) is 54.5 Å². The van der Waals surface area contributed by atoms with Crippen LogP contribution in [0.3, 0.4) is 0 Å². The topological polar surface area (TPSA) is 75.3 Å². The summed E-state index contributed by atoms with van der Waals surface area (Å²) in [6.45, 7) is 0.335. The van der Waals surface area contributed by atoms with Gasteiger partial charge in [0.1, 0.15) is 0 Å². The minimum absolute atomic E-state index is 0.0638. The molecule has 1 atom stereocenters. The number of benzene rings is 3. The van der Waals surface area contributed by atoms with E-state index in [0.29, 0.717) is 18.5 Å². The summed E-state index contributed by atoms with van der Waals surface area (Å²) in [4.78, 5) is 12.9. The summed E-state index contributed by atoms with van der Waals surface area (Å²) >= 11 is 0. The van der Waals surface area contributed by atoms with Gasteiger partial charge in [0.2, 0.25) is 10.0 Å². The predicted molar refractivity (Wildman–Crippen MR) is 129 cm³/mol. The van der Waals surface area contributed by atoms with Crippen LogP contribution in [0.2, 0.25) is 0 Å². The van der Waals surface area contributed by atoms with Crippen molar-refractivity contribution in [2.24, 2.45) is 0 Å². The maximum atomic E-state index is 12.9. The number of rotatable bonds is 11. The standard InChI is InChI=1S/C26H30N2O3S/c1-32(30,31)27-20-19-22-15-17-24(18-16-22)26(29)28-25(23-12-6-3-7-13-23)14-8-11-21-9-4-2-5-10-21/h2-7,9-10,12-13,15-18,25,27H,8,11,14,19-20H2,1H3,(H,28,29)/t25-/m1/s1. The highest BCUT2D eigenvalue weighted by atomic mass is 32.2. The monoisotopic (exact) mass is 450 g/mol. The zero-order chi connectivity index (χ0) is 22.8. The summed E-state index contributed by atoms with van der Waals surface area (Å²) in [5.41, 5.74) is 3.96. The highest BCUT2D eigenvalue weighted by Gasteiger charge is 2.16. The van der Waals surface area contributed by atoms with Gasteiger partial charge in [-0.3, -0.25) is 4.79 Å². The van der Waals surface area contributed by atoms with Crippen LogP contribution >= 0.6 is 0 Å². The second-order valence-corrected chi connectivity index (χ2v) is 9.76. The molecule has 0 aromatic heterocycles. The molecule has 0 radical (unpaired) electrons. The Morgan fingerprint density at radius 2 is 1.41 bits per heavy atom. The van der Waals surface area contributed by atoms with Crippen LogP contribution in [0.1, 0.15) is 45.9 Å². The van der Waals surface area contributed by atoms with Crippen LogP contribution in [0.25, 0.3) is 0 Å². The zero-order valence-electron chi connectivity index (χ0n) is 18.3. The highest BCUT2D eigenvalue weighted by Crippen LogP contribution is 2.21. The molecule has 0 heterocycles. The number of sulfonamides is 1. The SMILES string of the molecule is CS(=O)(=O)NCCc1ccc(C(=O)N[C@H](CCCc2ccccc2)c2ccccc2)cc1. The second kappa shape index (κ2) is 11.6. The van der Waals surface area contributed by atoms with E-state index < -0.39 is 10.0 Å². The van der Waals surface area contributed by atoms with Gasteiger partial charge in [-0.1, -0.05) is 72.8 Å². The fourth-order valence-electron chi connectivity index (χ4n) is 3.61. The third-order valence-corrected chi connectivity index (χ3v) is 6.03. The minimum atomic E-state index is -3.20. The zero-order valence-corrected chi connectivity index (χ0v) is 19.1. The fraction of sp³-hybridized carbons (Fsp3) is 0.269. The smallest absolute Gasteiger partial charge is 0.251 e. The average Bonchev–Trinajstić information content (AvgIpc) is 2.79. The van der Waals surface area contributed by atoms with Gasteiger partial charge in [0.25, 0.3) is 5.91 Å². The van der Waals surface area contributed by atoms with Crippen LogP contribution in [0, 0.1) is 0 Å². The van der Waals surface area contributed by atoms with E-state index in [9.17, 15) is 13.2 Å². The number of carbonyl (C=O) groups is 1. The van der Waals surface area contributed by atoms with E-state index in [1.807, 2.05) is 60.7 Å². The normalized spacial score (nSPS) is 12.3. The number of carbonyl (C=O) groups excluding carboxylic acids is 1. The quantitative estimate of drug-likeness (QED) is 0.458. The minimum Gasteiger partial charge on any atom is -0.345 e. The molecule has 0 aliphatic carbocycles. The van der Waals surface area contributed by atoms with Gasteiger partial charge in [0, 0.05) is 12.1 Å². The molecular formula is C26H30N2O3S. The Labute approximate surface area is 190 Å². The van der Waals surface area contributed by atoms with Crippen molar-refractivity contribution in [3.8, 4) is 0 Å². The summed E-state index contributed by atoms with van der Waals surface area (Å²) in [6.07, 6.45) is 4.50. The van der Waals surface area contributed by atoms with Gasteiger partial charge in [-0.2, -0.15) is 0 Å². The van der Waals surface area contributed by atoms with E-state index in [2.05, 4.69) is 22.2 Å². The van der Waals surface area contributed by atoms with Gasteiger partial charge in [-0.25, -0.2) is 13.1 Å². The van der Waals surface area contributed by atoms with Crippen molar-refractivity contribution in [2.45, 2.75) is 31.7 Å². The van der Waals surface area contributed by atoms with E-state index in [1.54, 1.807) is 12.1 Å². The average molecular weight is 451 g/mol. The largest absolute Gasteiger partial charge is 0.345 e. The van der Waals surface area contributed by atoms with Crippen LogP contribution in [-0.2, 0) is 22.9 Å². The van der Waals surface area contributed by atoms with Gasteiger partial charge < -0.3 is 5.32 Å². The van der Waals surface area contributed by atoms with E-state index in [-0.39, 0.29) is 11.9 Å². The molecule has 3 aromatic rings. The first-order valence-electron chi connectivity index (χ1n) is 10.8. The molecule has 1 amide bonds. The Kier molecular flexibility index (Phi) is 8.59. The molecule has 3 aromatic carbocycles. The fourth-order valence-corrected chi connectivity index (χ4v) is 4.08. The van der Waals surface area contributed by atoms with Crippen LogP contribution in [0.15, 0.2) is 84.9 Å². The van der Waals surface area contributed by atoms with Crippen LogP contribution in [0.5, 0.6) is 0 Å². The molecule has 3 rings (SSSR count). The number of amides is 1. The molecule has 168 valence electrons. The van der Waals surface area contributed by atoms with Crippen molar-refractivity contribution in [3.05, 3.63) is 107 Å². The molecule has 0 fully saturated rings. The molecule has 2 N–H and O–H groups in total. The highest BCUT2D eigenvalue weighted by molar-refractivity contribution is 7.88. The lowest BCUT2D eigenvalue weighted by Crippen LogP contribution is -2.28. The molecule has 0 unspecified atom stereocenters. The lowest BCUT2D eigenvalue weighted by atomic mass is 9.98. The summed E-state index contributed by atoms with van der Waals surface area (Å²) in [7, 11) is -3.20. The number of nitrogens with one attached hydrogen (secondary N) is 2. The van der Waals surface area contributed by atoms with Crippen LogP contribution in [-0.4, -0.2) is 27.1 Å². The Balaban J connectivity index is 1.60. The number of hydrogen-bond donors (Lipinski definition) is 2. The molecule has 32 heavy (non-hydrogen) atoms. The first kappa shape index (κ1) is 23.7. The maximum absolute atomic E-state index is 12.9. The molecule has 0 aliphatic heterocycles. The van der Waals surface area contributed by atoms with Gasteiger partial charge in [0.15, 0.2) is 0 Å². The maximum Gasteiger partial charge on any atom is 0.251 e. The van der Waals surface area contributed by atoms with Gasteiger partial charge >= 0.3 is 0 Å². The number of hydrogen-bond acceptors (Lipinski definition) is 3. The summed E-state index contributed by atoms with van der Waals surface area (Å²) in [5.74, 6) is -0.112. The van der Waals surface area contributed by atoms with E-state index >= 15 is 0 Å². The Bertz CT molecular complexity index is 1080. The first-order valence-corrected chi connectivity index (χ1v) is 12.7. The van der Waals surface area contributed by atoms with Crippen LogP contribution in [0.4, 0.5) is 0 Å².